The Kier molecular flexibility index (Phi) is 7.49. The number of hydrogen-bond donors (Lipinski definition) is 1. The summed E-state index contributed by atoms with van der Waals surface area (Å²) in [5.41, 5.74) is 2.80. The number of nitro groups is 1. The van der Waals surface area contributed by atoms with Crippen LogP contribution in [-0.2, 0) is 11.3 Å². The van der Waals surface area contributed by atoms with Crippen molar-refractivity contribution >= 4 is 23.3 Å². The first-order chi connectivity index (χ1) is 17.2. The van der Waals surface area contributed by atoms with Gasteiger partial charge in [-0.1, -0.05) is 42.5 Å². The third-order valence-electron chi connectivity index (χ3n) is 5.79. The molecule has 9 nitrogen and oxygen atoms in total. The number of nitrogens with zero attached hydrogens (tertiary/aromatic N) is 4. The second kappa shape index (κ2) is 10.7. The number of piperazine rings is 1. The van der Waals surface area contributed by atoms with Crippen LogP contribution in [0.4, 0.5) is 22.0 Å². The number of benzene rings is 2. The van der Waals surface area contributed by atoms with Crippen LogP contribution in [0.2, 0.25) is 0 Å². The zero-order valence-corrected chi connectivity index (χ0v) is 20.8. The van der Waals surface area contributed by atoms with E-state index in [1.54, 1.807) is 11.0 Å². The summed E-state index contributed by atoms with van der Waals surface area (Å²) in [4.78, 5) is 31.9. The molecule has 1 amide bonds. The Bertz CT molecular complexity index is 1200. The molecule has 2 aromatic carbocycles. The number of carbonyl (C=O) groups is 1. The Morgan fingerprint density at radius 2 is 1.67 bits per heavy atom. The van der Waals surface area contributed by atoms with Crippen LogP contribution in [0.15, 0.2) is 66.7 Å². The van der Waals surface area contributed by atoms with Gasteiger partial charge in [0, 0.05) is 50.0 Å². The average Bonchev–Trinajstić information content (AvgIpc) is 2.85. The zero-order chi connectivity index (χ0) is 25.7. The maximum atomic E-state index is 12.3. The van der Waals surface area contributed by atoms with Gasteiger partial charge in [0.15, 0.2) is 0 Å². The first-order valence-electron chi connectivity index (χ1n) is 11.9. The van der Waals surface area contributed by atoms with Gasteiger partial charge < -0.3 is 15.0 Å². The van der Waals surface area contributed by atoms with E-state index < -0.39 is 10.5 Å². The largest absolute Gasteiger partial charge is 0.444 e. The zero-order valence-electron chi connectivity index (χ0n) is 20.8. The summed E-state index contributed by atoms with van der Waals surface area (Å²) in [6.45, 7) is 9.15. The Labute approximate surface area is 210 Å². The molecule has 0 unspecified atom stereocenters. The van der Waals surface area contributed by atoms with Gasteiger partial charge in [-0.25, -0.2) is 9.78 Å². The number of nitrogens with one attached hydrogen (secondary N) is 1. The van der Waals surface area contributed by atoms with E-state index in [0.29, 0.717) is 24.5 Å². The van der Waals surface area contributed by atoms with Crippen molar-refractivity contribution in [3.8, 4) is 11.3 Å². The molecule has 2 heterocycles. The van der Waals surface area contributed by atoms with Crippen molar-refractivity contribution in [3.63, 3.8) is 0 Å². The number of hydrogen-bond acceptors (Lipinski definition) is 7. The summed E-state index contributed by atoms with van der Waals surface area (Å²) in [5, 5.41) is 14.7. The van der Waals surface area contributed by atoms with Crippen LogP contribution >= 0.6 is 0 Å². The van der Waals surface area contributed by atoms with Crippen molar-refractivity contribution in [3.05, 3.63) is 82.4 Å². The molecule has 0 bridgehead atoms. The third kappa shape index (κ3) is 6.57. The Hall–Kier alpha value is -3.98. The minimum Gasteiger partial charge on any atom is -0.444 e. The Morgan fingerprint density at radius 3 is 2.28 bits per heavy atom. The predicted octanol–water partition coefficient (Wildman–Crippen LogP) is 5.45. The van der Waals surface area contributed by atoms with E-state index in [2.05, 4.69) is 15.2 Å². The number of rotatable bonds is 6. The molecule has 0 radical (unpaired) electrons. The molecule has 1 saturated heterocycles. The molecule has 0 spiro atoms. The van der Waals surface area contributed by atoms with Crippen LogP contribution in [0.5, 0.6) is 0 Å². The number of pyridine rings is 1. The van der Waals surface area contributed by atoms with Crippen LogP contribution < -0.4 is 5.32 Å². The summed E-state index contributed by atoms with van der Waals surface area (Å²) < 4.78 is 5.46. The first kappa shape index (κ1) is 25.1. The van der Waals surface area contributed by atoms with E-state index in [4.69, 9.17) is 4.74 Å². The SMILES string of the molecule is CC(C)(C)OC(=O)N1CCN(Cc2ccc(Nc3nc(-c4ccccc4)ccc3[N+](=O)[O-])cc2)CC1. The molecule has 1 aromatic heterocycles. The highest BCUT2D eigenvalue weighted by Crippen LogP contribution is 2.29. The average molecular weight is 490 g/mol. The molecular formula is C27H31N5O4. The van der Waals surface area contributed by atoms with Crippen LogP contribution in [0.3, 0.4) is 0 Å². The Morgan fingerprint density at radius 1 is 1.00 bits per heavy atom. The van der Waals surface area contributed by atoms with Crippen LogP contribution in [0.25, 0.3) is 11.3 Å². The normalized spacial score (nSPS) is 14.4. The highest BCUT2D eigenvalue weighted by molar-refractivity contribution is 5.71. The third-order valence-corrected chi connectivity index (χ3v) is 5.79. The van der Waals surface area contributed by atoms with Gasteiger partial charge in [-0.15, -0.1) is 0 Å². The standard InChI is InChI=1S/C27H31N5O4/c1-27(2,3)36-26(33)31-17-15-30(16-18-31)19-20-9-11-22(12-10-20)28-25-24(32(34)35)14-13-23(29-25)21-7-5-4-6-8-21/h4-14H,15-19H2,1-3H3,(H,28,29). The maximum Gasteiger partial charge on any atom is 0.410 e. The summed E-state index contributed by atoms with van der Waals surface area (Å²) in [6.07, 6.45) is -0.267. The molecule has 4 rings (SSSR count). The predicted molar refractivity (Wildman–Crippen MR) is 139 cm³/mol. The van der Waals surface area contributed by atoms with Crippen LogP contribution in [-0.4, -0.2) is 57.6 Å². The monoisotopic (exact) mass is 489 g/mol. The summed E-state index contributed by atoms with van der Waals surface area (Å²) in [5.74, 6) is 0.201. The highest BCUT2D eigenvalue weighted by atomic mass is 16.6. The summed E-state index contributed by atoms with van der Waals surface area (Å²) in [7, 11) is 0. The summed E-state index contributed by atoms with van der Waals surface area (Å²) in [6, 6.07) is 20.5. The van der Waals surface area contributed by atoms with Crippen molar-refractivity contribution in [2.45, 2.75) is 32.9 Å². The molecule has 0 aliphatic carbocycles. The number of anilines is 2. The van der Waals surface area contributed by atoms with E-state index in [9.17, 15) is 14.9 Å². The molecular weight excluding hydrogens is 458 g/mol. The van der Waals surface area contributed by atoms with Gasteiger partial charge in [0.05, 0.1) is 10.6 Å². The quantitative estimate of drug-likeness (QED) is 0.363. The molecule has 36 heavy (non-hydrogen) atoms. The summed E-state index contributed by atoms with van der Waals surface area (Å²) >= 11 is 0. The topological polar surface area (TPSA) is 101 Å². The van der Waals surface area contributed by atoms with E-state index in [1.165, 1.54) is 6.07 Å². The van der Waals surface area contributed by atoms with Crippen LogP contribution in [0.1, 0.15) is 26.3 Å². The minimum absolute atomic E-state index is 0.0818. The molecule has 1 fully saturated rings. The van der Waals surface area contributed by atoms with Gasteiger partial charge in [0.2, 0.25) is 5.82 Å². The van der Waals surface area contributed by atoms with Gasteiger partial charge in [-0.05, 0) is 44.5 Å². The molecule has 0 atom stereocenters. The number of carbonyl (C=O) groups excluding carboxylic acids is 1. The van der Waals surface area contributed by atoms with E-state index >= 15 is 0 Å². The van der Waals surface area contributed by atoms with Crippen molar-refractivity contribution < 1.29 is 14.5 Å². The maximum absolute atomic E-state index is 12.3. The van der Waals surface area contributed by atoms with E-state index in [1.807, 2.05) is 75.4 Å². The van der Waals surface area contributed by atoms with Crippen LogP contribution in [0, 0.1) is 10.1 Å². The minimum atomic E-state index is -0.497. The molecule has 3 aromatic rings. The van der Waals surface area contributed by atoms with E-state index in [-0.39, 0.29) is 17.6 Å². The highest BCUT2D eigenvalue weighted by Gasteiger charge is 2.26. The van der Waals surface area contributed by atoms with Crippen molar-refractivity contribution in [1.82, 2.24) is 14.8 Å². The number of amides is 1. The molecule has 1 aliphatic heterocycles. The van der Waals surface area contributed by atoms with Crippen molar-refractivity contribution in [2.24, 2.45) is 0 Å². The molecule has 1 aliphatic rings. The smallest absolute Gasteiger partial charge is 0.410 e. The van der Waals surface area contributed by atoms with Crippen molar-refractivity contribution in [2.75, 3.05) is 31.5 Å². The lowest BCUT2D eigenvalue weighted by molar-refractivity contribution is -0.384. The fourth-order valence-corrected chi connectivity index (χ4v) is 3.96. The first-order valence-corrected chi connectivity index (χ1v) is 11.9. The Balaban J connectivity index is 1.38. The van der Waals surface area contributed by atoms with Gasteiger partial charge in [0.1, 0.15) is 5.60 Å². The van der Waals surface area contributed by atoms with Gasteiger partial charge in [0.25, 0.3) is 0 Å². The molecule has 9 heteroatoms. The molecule has 1 N–H and O–H groups in total. The lowest BCUT2D eigenvalue weighted by atomic mass is 10.1. The fraction of sp³-hybridized carbons (Fsp3) is 0.333. The number of ether oxygens (including phenoxy) is 1. The molecule has 188 valence electrons. The second-order valence-corrected chi connectivity index (χ2v) is 9.75. The lowest BCUT2D eigenvalue weighted by Gasteiger charge is -2.35. The lowest BCUT2D eigenvalue weighted by Crippen LogP contribution is -2.49. The fourth-order valence-electron chi connectivity index (χ4n) is 3.96. The van der Waals surface area contributed by atoms with Gasteiger partial charge in [-0.3, -0.25) is 15.0 Å². The number of aromatic nitrogens is 1. The second-order valence-electron chi connectivity index (χ2n) is 9.75. The molecule has 0 saturated carbocycles. The van der Waals surface area contributed by atoms with Gasteiger partial charge in [-0.2, -0.15) is 0 Å². The van der Waals surface area contributed by atoms with Gasteiger partial charge >= 0.3 is 11.8 Å². The van der Waals surface area contributed by atoms with E-state index in [0.717, 1.165) is 30.8 Å². The van der Waals surface area contributed by atoms with Crippen molar-refractivity contribution in [1.29, 1.82) is 0 Å².